The first kappa shape index (κ1) is 22.3. The van der Waals surface area contributed by atoms with Gasteiger partial charge in [-0.05, 0) is 35.7 Å². The molecule has 1 unspecified atom stereocenters. The third-order valence-corrected chi connectivity index (χ3v) is 6.72. The number of hydrogen-bond donors (Lipinski definition) is 1. The van der Waals surface area contributed by atoms with Gasteiger partial charge in [0, 0.05) is 68.9 Å². The predicted molar refractivity (Wildman–Crippen MR) is 123 cm³/mol. The summed E-state index contributed by atoms with van der Waals surface area (Å²) in [4.78, 5) is 43.4. The molecule has 4 rings (SSSR count). The van der Waals surface area contributed by atoms with E-state index in [0.29, 0.717) is 31.7 Å². The molecule has 0 radical (unpaired) electrons. The molecular weight excluding hydrogens is 428 g/mol. The minimum atomic E-state index is -0.305. The van der Waals surface area contributed by atoms with Crippen LogP contribution < -0.4 is 15.0 Å². The zero-order valence-corrected chi connectivity index (χ0v) is 19.0. The topological polar surface area (TPSA) is 82.2 Å². The maximum atomic E-state index is 13.0. The summed E-state index contributed by atoms with van der Waals surface area (Å²) in [5.41, 5.74) is 1.49. The van der Waals surface area contributed by atoms with Crippen molar-refractivity contribution in [2.75, 3.05) is 57.8 Å². The SMILES string of the molecule is COc1ccc(N2CC(C(=O)N3CCN(CCNC(=O)c4ccsc4)CC3)CC2=O)cc1. The molecule has 9 heteroatoms. The van der Waals surface area contributed by atoms with Gasteiger partial charge in [-0.25, -0.2) is 0 Å². The minimum absolute atomic E-state index is 0.0199. The molecule has 2 aromatic rings. The molecule has 1 aromatic heterocycles. The van der Waals surface area contributed by atoms with E-state index in [1.54, 1.807) is 12.0 Å². The van der Waals surface area contributed by atoms with E-state index in [0.717, 1.165) is 31.1 Å². The lowest BCUT2D eigenvalue weighted by atomic mass is 10.1. The molecule has 0 saturated carbocycles. The van der Waals surface area contributed by atoms with Gasteiger partial charge in [0.1, 0.15) is 5.75 Å². The quantitative estimate of drug-likeness (QED) is 0.686. The van der Waals surface area contributed by atoms with Crippen molar-refractivity contribution in [3.8, 4) is 5.75 Å². The Labute approximate surface area is 191 Å². The Morgan fingerprint density at radius 2 is 1.88 bits per heavy atom. The Balaban J connectivity index is 1.22. The molecule has 8 nitrogen and oxygen atoms in total. The second kappa shape index (κ2) is 10.1. The van der Waals surface area contributed by atoms with E-state index in [2.05, 4.69) is 10.2 Å². The highest BCUT2D eigenvalue weighted by Crippen LogP contribution is 2.28. The number of ether oxygens (including phenoxy) is 1. The molecule has 1 aromatic carbocycles. The number of anilines is 1. The van der Waals surface area contributed by atoms with Crippen molar-refractivity contribution < 1.29 is 19.1 Å². The van der Waals surface area contributed by atoms with E-state index in [1.807, 2.05) is 46.0 Å². The molecule has 3 heterocycles. The Hall–Kier alpha value is -2.91. The van der Waals surface area contributed by atoms with E-state index in [1.165, 1.54) is 11.3 Å². The van der Waals surface area contributed by atoms with Gasteiger partial charge >= 0.3 is 0 Å². The summed E-state index contributed by atoms with van der Waals surface area (Å²) >= 11 is 1.51. The van der Waals surface area contributed by atoms with Crippen molar-refractivity contribution in [1.82, 2.24) is 15.1 Å². The molecule has 170 valence electrons. The van der Waals surface area contributed by atoms with E-state index >= 15 is 0 Å². The van der Waals surface area contributed by atoms with Crippen LogP contribution in [0.15, 0.2) is 41.1 Å². The van der Waals surface area contributed by atoms with Gasteiger partial charge in [0.15, 0.2) is 0 Å². The molecule has 2 aliphatic heterocycles. The highest BCUT2D eigenvalue weighted by molar-refractivity contribution is 7.08. The van der Waals surface area contributed by atoms with Crippen LogP contribution in [-0.2, 0) is 9.59 Å². The molecule has 0 aliphatic carbocycles. The van der Waals surface area contributed by atoms with E-state index in [9.17, 15) is 14.4 Å². The summed E-state index contributed by atoms with van der Waals surface area (Å²) < 4.78 is 5.17. The van der Waals surface area contributed by atoms with Crippen LogP contribution in [0.3, 0.4) is 0 Å². The normalized spacial score (nSPS) is 19.3. The summed E-state index contributed by atoms with van der Waals surface area (Å²) in [6.07, 6.45) is 0.250. The van der Waals surface area contributed by atoms with Crippen LogP contribution in [0, 0.1) is 5.92 Å². The first-order valence-electron chi connectivity index (χ1n) is 10.8. The van der Waals surface area contributed by atoms with Crippen molar-refractivity contribution in [1.29, 1.82) is 0 Å². The van der Waals surface area contributed by atoms with Gasteiger partial charge in [-0.3, -0.25) is 19.3 Å². The average Bonchev–Trinajstić information content (AvgIpc) is 3.49. The number of carbonyl (C=O) groups is 3. The molecular formula is C23H28N4O4S. The Bertz CT molecular complexity index is 939. The maximum Gasteiger partial charge on any atom is 0.252 e. The van der Waals surface area contributed by atoms with Gasteiger partial charge in [-0.1, -0.05) is 0 Å². The monoisotopic (exact) mass is 456 g/mol. The largest absolute Gasteiger partial charge is 0.497 e. The number of methoxy groups -OCH3 is 1. The zero-order chi connectivity index (χ0) is 22.5. The number of hydrogen-bond acceptors (Lipinski definition) is 6. The minimum Gasteiger partial charge on any atom is -0.497 e. The van der Waals surface area contributed by atoms with Gasteiger partial charge in [0.2, 0.25) is 11.8 Å². The van der Waals surface area contributed by atoms with Gasteiger partial charge in [-0.15, -0.1) is 0 Å². The zero-order valence-electron chi connectivity index (χ0n) is 18.2. The Morgan fingerprint density at radius 1 is 1.12 bits per heavy atom. The number of carbonyl (C=O) groups excluding carboxylic acids is 3. The van der Waals surface area contributed by atoms with Crippen molar-refractivity contribution in [3.63, 3.8) is 0 Å². The van der Waals surface area contributed by atoms with Crippen LogP contribution in [0.2, 0.25) is 0 Å². The third kappa shape index (κ3) is 5.11. The number of nitrogens with one attached hydrogen (secondary N) is 1. The first-order valence-corrected chi connectivity index (χ1v) is 11.8. The number of amides is 3. The fourth-order valence-corrected chi connectivity index (χ4v) is 4.79. The number of benzene rings is 1. The molecule has 1 atom stereocenters. The number of rotatable bonds is 7. The average molecular weight is 457 g/mol. The van der Waals surface area contributed by atoms with Crippen LogP contribution in [0.4, 0.5) is 5.69 Å². The molecule has 3 amide bonds. The second-order valence-corrected chi connectivity index (χ2v) is 8.82. The van der Waals surface area contributed by atoms with Gasteiger partial charge < -0.3 is 19.9 Å². The highest BCUT2D eigenvalue weighted by atomic mass is 32.1. The fourth-order valence-electron chi connectivity index (χ4n) is 4.16. The predicted octanol–water partition coefficient (Wildman–Crippen LogP) is 1.68. The van der Waals surface area contributed by atoms with Crippen molar-refractivity contribution in [2.24, 2.45) is 5.92 Å². The highest BCUT2D eigenvalue weighted by Gasteiger charge is 2.37. The van der Waals surface area contributed by atoms with Crippen LogP contribution in [0.25, 0.3) is 0 Å². The van der Waals surface area contributed by atoms with E-state index in [-0.39, 0.29) is 30.1 Å². The number of nitrogens with zero attached hydrogens (tertiary/aromatic N) is 3. The lowest BCUT2D eigenvalue weighted by molar-refractivity contribution is -0.137. The van der Waals surface area contributed by atoms with E-state index < -0.39 is 0 Å². The molecule has 0 bridgehead atoms. The Morgan fingerprint density at radius 3 is 2.53 bits per heavy atom. The van der Waals surface area contributed by atoms with E-state index in [4.69, 9.17) is 4.74 Å². The summed E-state index contributed by atoms with van der Waals surface area (Å²) in [5, 5.41) is 6.66. The van der Waals surface area contributed by atoms with Gasteiger partial charge in [-0.2, -0.15) is 11.3 Å². The summed E-state index contributed by atoms with van der Waals surface area (Å²) in [6.45, 7) is 4.57. The molecule has 0 spiro atoms. The molecule has 2 fully saturated rings. The first-order chi connectivity index (χ1) is 15.5. The van der Waals surface area contributed by atoms with Crippen molar-refractivity contribution in [3.05, 3.63) is 46.7 Å². The van der Waals surface area contributed by atoms with Crippen LogP contribution in [0.5, 0.6) is 5.75 Å². The van der Waals surface area contributed by atoms with Gasteiger partial charge in [0.05, 0.1) is 13.0 Å². The standard InChI is InChI=1S/C23H28N4O4S/c1-31-20-4-2-19(3-5-20)27-15-18(14-21(27)28)23(30)26-11-9-25(10-12-26)8-7-24-22(29)17-6-13-32-16-17/h2-6,13,16,18H,7-12,14-15H2,1H3,(H,24,29). The fraction of sp³-hybridized carbons (Fsp3) is 0.435. The van der Waals surface area contributed by atoms with Gasteiger partial charge in [0.25, 0.3) is 5.91 Å². The summed E-state index contributed by atoms with van der Waals surface area (Å²) in [5.74, 6) is 0.415. The summed E-state index contributed by atoms with van der Waals surface area (Å²) in [6, 6.07) is 9.15. The second-order valence-electron chi connectivity index (χ2n) is 8.04. The smallest absolute Gasteiger partial charge is 0.252 e. The summed E-state index contributed by atoms with van der Waals surface area (Å²) in [7, 11) is 1.60. The molecule has 1 N–H and O–H groups in total. The maximum absolute atomic E-state index is 13.0. The van der Waals surface area contributed by atoms with Crippen molar-refractivity contribution >= 4 is 34.7 Å². The van der Waals surface area contributed by atoms with Crippen LogP contribution in [0.1, 0.15) is 16.8 Å². The van der Waals surface area contributed by atoms with Crippen LogP contribution >= 0.6 is 11.3 Å². The molecule has 32 heavy (non-hydrogen) atoms. The molecule has 2 aliphatic rings. The number of thiophene rings is 1. The van der Waals surface area contributed by atoms with Crippen molar-refractivity contribution in [2.45, 2.75) is 6.42 Å². The number of piperazine rings is 1. The Kier molecular flexibility index (Phi) is 7.06. The molecule has 2 saturated heterocycles. The van der Waals surface area contributed by atoms with Crippen LogP contribution in [-0.4, -0.2) is 80.4 Å². The third-order valence-electron chi connectivity index (χ3n) is 6.04. The lowest BCUT2D eigenvalue weighted by Crippen LogP contribution is -2.51. The lowest BCUT2D eigenvalue weighted by Gasteiger charge is -2.35.